The molecule has 0 bridgehead atoms. The van der Waals surface area contributed by atoms with Crippen molar-refractivity contribution in [3.63, 3.8) is 0 Å². The number of benzene rings is 3. The zero-order chi connectivity index (χ0) is 23.7. The van der Waals surface area contributed by atoms with Crippen molar-refractivity contribution < 1.29 is 17.9 Å². The summed E-state index contributed by atoms with van der Waals surface area (Å²) >= 11 is 1.23. The van der Waals surface area contributed by atoms with E-state index >= 15 is 0 Å². The first-order chi connectivity index (χ1) is 16.4. The average molecular weight is 493 g/mol. The maximum Gasteiger partial charge on any atom is 0.269 e. The van der Waals surface area contributed by atoms with Gasteiger partial charge in [0.2, 0.25) is 5.13 Å². The van der Waals surface area contributed by atoms with Crippen molar-refractivity contribution in [2.75, 3.05) is 16.2 Å². The summed E-state index contributed by atoms with van der Waals surface area (Å²) in [6.07, 6.45) is -1.07. The van der Waals surface area contributed by atoms with Crippen LogP contribution in [-0.4, -0.2) is 37.2 Å². The van der Waals surface area contributed by atoms with Crippen molar-refractivity contribution in [1.82, 2.24) is 10.2 Å². The predicted octanol–water partition coefficient (Wildman–Crippen LogP) is 4.11. The van der Waals surface area contributed by atoms with Gasteiger partial charge in [-0.3, -0.25) is 14.4 Å². The molecule has 0 spiro atoms. The Balaban J connectivity index is 1.41. The molecular weight excluding hydrogens is 472 g/mol. The zero-order valence-electron chi connectivity index (χ0n) is 18.1. The van der Waals surface area contributed by atoms with Gasteiger partial charge >= 0.3 is 0 Å². The van der Waals surface area contributed by atoms with E-state index in [9.17, 15) is 13.2 Å². The molecule has 1 aliphatic rings. The lowest BCUT2D eigenvalue weighted by molar-refractivity contribution is -0.122. The number of aromatic nitrogens is 2. The van der Waals surface area contributed by atoms with E-state index in [1.807, 2.05) is 37.3 Å². The van der Waals surface area contributed by atoms with Crippen molar-refractivity contribution in [2.24, 2.45) is 0 Å². The van der Waals surface area contributed by atoms with Crippen LogP contribution in [0.15, 0.2) is 83.8 Å². The number of aryl methyl sites for hydroxylation is 1. The van der Waals surface area contributed by atoms with Gasteiger partial charge in [0.05, 0.1) is 17.1 Å². The van der Waals surface area contributed by atoms with Crippen LogP contribution in [0.25, 0.3) is 10.6 Å². The number of anilines is 2. The number of amides is 1. The highest BCUT2D eigenvalue weighted by Gasteiger charge is 2.37. The Labute approximate surface area is 200 Å². The number of hydrogen-bond acceptors (Lipinski definition) is 7. The fourth-order valence-corrected chi connectivity index (χ4v) is 5.79. The first kappa shape index (κ1) is 22.1. The summed E-state index contributed by atoms with van der Waals surface area (Å²) in [7, 11) is -3.92. The van der Waals surface area contributed by atoms with Gasteiger partial charge in [0.15, 0.2) is 6.10 Å². The second-order valence-electron chi connectivity index (χ2n) is 7.69. The van der Waals surface area contributed by atoms with Crippen LogP contribution in [0.4, 0.5) is 10.8 Å². The van der Waals surface area contributed by atoms with Gasteiger partial charge in [-0.25, -0.2) is 8.42 Å². The van der Waals surface area contributed by atoms with E-state index in [1.165, 1.54) is 15.6 Å². The summed E-state index contributed by atoms with van der Waals surface area (Å²) in [5.74, 6) is -0.193. The summed E-state index contributed by atoms with van der Waals surface area (Å²) in [6, 6.07) is 22.9. The molecule has 1 atom stereocenters. The Bertz CT molecular complexity index is 1440. The van der Waals surface area contributed by atoms with Gasteiger partial charge in [0, 0.05) is 5.56 Å². The first-order valence-corrected chi connectivity index (χ1v) is 12.7. The molecule has 8 nitrogen and oxygen atoms in total. The molecule has 10 heteroatoms. The number of carbonyl (C=O) groups excluding carboxylic acids is 1. The van der Waals surface area contributed by atoms with E-state index in [1.54, 1.807) is 48.5 Å². The largest absolute Gasteiger partial charge is 0.476 e. The first-order valence-electron chi connectivity index (χ1n) is 10.5. The van der Waals surface area contributed by atoms with Crippen LogP contribution in [0.5, 0.6) is 5.75 Å². The fraction of sp³-hybridized carbons (Fsp3) is 0.125. The van der Waals surface area contributed by atoms with Crippen LogP contribution in [0.3, 0.4) is 0 Å². The third kappa shape index (κ3) is 4.25. The van der Waals surface area contributed by atoms with Crippen LogP contribution < -0.4 is 14.4 Å². The number of carbonyl (C=O) groups is 1. The van der Waals surface area contributed by atoms with Gasteiger partial charge < -0.3 is 4.74 Å². The third-order valence-corrected chi connectivity index (χ3v) is 7.99. The number of sulfonamides is 1. The summed E-state index contributed by atoms with van der Waals surface area (Å²) in [4.78, 5) is 13.2. The Morgan fingerprint density at radius 1 is 1.00 bits per heavy atom. The van der Waals surface area contributed by atoms with Crippen molar-refractivity contribution in [3.8, 4) is 16.3 Å². The van der Waals surface area contributed by atoms with Crippen LogP contribution in [0.2, 0.25) is 0 Å². The number of fused-ring (bicyclic) bond motifs is 1. The summed E-state index contributed by atoms with van der Waals surface area (Å²) in [5, 5.41) is 11.9. The molecule has 0 fully saturated rings. The van der Waals surface area contributed by atoms with E-state index in [-0.39, 0.29) is 11.4 Å². The highest BCUT2D eigenvalue weighted by Crippen LogP contribution is 2.37. The molecule has 1 amide bonds. The van der Waals surface area contributed by atoms with Gasteiger partial charge in [-0.1, -0.05) is 71.5 Å². The SMILES string of the molecule is Cc1ccc(S(=O)(=O)N2CC(C(=O)Nc3nnc(-c4ccccc4)s3)Oc3ccccc32)cc1. The molecule has 1 aromatic heterocycles. The molecule has 0 saturated heterocycles. The lowest BCUT2D eigenvalue weighted by atomic mass is 10.2. The maximum atomic E-state index is 13.5. The van der Waals surface area contributed by atoms with Gasteiger partial charge in [-0.2, -0.15) is 0 Å². The van der Waals surface area contributed by atoms with E-state index in [0.29, 0.717) is 21.6 Å². The van der Waals surface area contributed by atoms with Crippen molar-refractivity contribution >= 4 is 38.1 Å². The van der Waals surface area contributed by atoms with Gasteiger partial charge in [0.1, 0.15) is 10.8 Å². The number of hydrogen-bond donors (Lipinski definition) is 1. The summed E-state index contributed by atoms with van der Waals surface area (Å²) < 4.78 is 34.0. The highest BCUT2D eigenvalue weighted by atomic mass is 32.2. The molecular formula is C24H20N4O4S2. The van der Waals surface area contributed by atoms with Crippen LogP contribution in [0.1, 0.15) is 5.56 Å². The Hall–Kier alpha value is -3.76. The number of ether oxygens (including phenoxy) is 1. The Kier molecular flexibility index (Phi) is 5.76. The smallest absolute Gasteiger partial charge is 0.269 e. The van der Waals surface area contributed by atoms with Crippen LogP contribution >= 0.6 is 11.3 Å². The minimum Gasteiger partial charge on any atom is -0.476 e. The molecule has 0 saturated carbocycles. The number of para-hydroxylation sites is 2. The molecule has 0 aliphatic carbocycles. The topological polar surface area (TPSA) is 101 Å². The maximum absolute atomic E-state index is 13.5. The fourth-order valence-electron chi connectivity index (χ4n) is 3.56. The highest BCUT2D eigenvalue weighted by molar-refractivity contribution is 7.92. The Morgan fingerprint density at radius 3 is 2.47 bits per heavy atom. The zero-order valence-corrected chi connectivity index (χ0v) is 19.7. The molecule has 5 rings (SSSR count). The lowest BCUT2D eigenvalue weighted by Gasteiger charge is -2.34. The lowest BCUT2D eigenvalue weighted by Crippen LogP contribution is -2.48. The van der Waals surface area contributed by atoms with Gasteiger partial charge in [0.25, 0.3) is 15.9 Å². The molecule has 0 radical (unpaired) electrons. The molecule has 3 aromatic carbocycles. The normalized spacial score (nSPS) is 15.3. The number of rotatable bonds is 5. The number of nitrogens with zero attached hydrogens (tertiary/aromatic N) is 3. The second-order valence-corrected chi connectivity index (χ2v) is 10.5. The molecule has 1 aliphatic heterocycles. The molecule has 4 aromatic rings. The van der Waals surface area contributed by atoms with E-state index in [0.717, 1.165) is 11.1 Å². The molecule has 34 heavy (non-hydrogen) atoms. The van der Waals surface area contributed by atoms with E-state index in [4.69, 9.17) is 4.74 Å². The van der Waals surface area contributed by atoms with Crippen molar-refractivity contribution in [3.05, 3.63) is 84.4 Å². The quantitative estimate of drug-likeness (QED) is 0.450. The molecule has 172 valence electrons. The van der Waals surface area contributed by atoms with Crippen LogP contribution in [-0.2, 0) is 14.8 Å². The molecule has 1 N–H and O–H groups in total. The minimum atomic E-state index is -3.92. The van der Waals surface area contributed by atoms with Gasteiger partial charge in [-0.15, -0.1) is 10.2 Å². The monoisotopic (exact) mass is 492 g/mol. The standard InChI is InChI=1S/C24H20N4O4S2/c1-16-11-13-18(14-12-16)34(30,31)28-15-21(32-20-10-6-5-9-19(20)28)22(29)25-24-27-26-23(33-24)17-7-3-2-4-8-17/h2-14,21H,15H2,1H3,(H,25,27,29). The second kappa shape index (κ2) is 8.88. The van der Waals surface area contributed by atoms with E-state index < -0.39 is 22.0 Å². The summed E-state index contributed by atoms with van der Waals surface area (Å²) in [5.41, 5.74) is 2.22. The minimum absolute atomic E-state index is 0.144. The molecule has 2 heterocycles. The molecule has 1 unspecified atom stereocenters. The Morgan fingerprint density at radius 2 is 1.71 bits per heavy atom. The summed E-state index contributed by atoms with van der Waals surface area (Å²) in [6.45, 7) is 1.71. The van der Waals surface area contributed by atoms with Crippen LogP contribution in [0, 0.1) is 6.92 Å². The van der Waals surface area contributed by atoms with Gasteiger partial charge in [-0.05, 0) is 31.2 Å². The average Bonchev–Trinajstić information content (AvgIpc) is 3.32. The number of nitrogens with one attached hydrogen (secondary N) is 1. The van der Waals surface area contributed by atoms with E-state index in [2.05, 4.69) is 15.5 Å². The van der Waals surface area contributed by atoms with Crippen molar-refractivity contribution in [2.45, 2.75) is 17.9 Å². The van der Waals surface area contributed by atoms with Crippen molar-refractivity contribution in [1.29, 1.82) is 0 Å². The third-order valence-electron chi connectivity index (χ3n) is 5.31. The predicted molar refractivity (Wildman–Crippen MR) is 131 cm³/mol.